The highest BCUT2D eigenvalue weighted by atomic mass is 32.1. The summed E-state index contributed by atoms with van der Waals surface area (Å²) in [6.45, 7) is -0.965. The summed E-state index contributed by atoms with van der Waals surface area (Å²) in [4.78, 5) is 37.7. The summed E-state index contributed by atoms with van der Waals surface area (Å²) >= 11 is 1.26. The second kappa shape index (κ2) is 8.11. The van der Waals surface area contributed by atoms with E-state index in [0.29, 0.717) is 11.4 Å². The summed E-state index contributed by atoms with van der Waals surface area (Å²) in [5.74, 6) is -1.31. The minimum absolute atomic E-state index is 0.00216. The van der Waals surface area contributed by atoms with E-state index < -0.39 is 42.9 Å². The standard InChI is InChI=1S/C19H20F3N5O4S/c20-19(21,22)15-10-7-26(18(30)31)6-5-11(10)27(25-15)8-13(28)24-17-14(16(23)29)9-3-1-2-4-12(9)32-17/h1-8H2,(H2,23,29)(H,24,28)(H,30,31). The van der Waals surface area contributed by atoms with Crippen LogP contribution < -0.4 is 11.1 Å². The Balaban J connectivity index is 1.60. The van der Waals surface area contributed by atoms with Gasteiger partial charge in [-0.15, -0.1) is 11.3 Å². The number of halogens is 3. The lowest BCUT2D eigenvalue weighted by atomic mass is 9.95. The molecule has 0 unspecified atom stereocenters. The lowest BCUT2D eigenvalue weighted by Crippen LogP contribution is -2.36. The number of carboxylic acid groups (broad SMARTS) is 1. The Bertz CT molecular complexity index is 1110. The molecular formula is C19H20F3N5O4S. The van der Waals surface area contributed by atoms with Gasteiger partial charge < -0.3 is 21.1 Å². The molecule has 0 atom stereocenters. The van der Waals surface area contributed by atoms with Crippen molar-refractivity contribution in [2.24, 2.45) is 5.73 Å². The largest absolute Gasteiger partial charge is 0.465 e. The number of thiophene rings is 1. The second-order valence-electron chi connectivity index (χ2n) is 7.71. The fourth-order valence-corrected chi connectivity index (χ4v) is 5.54. The molecular weight excluding hydrogens is 451 g/mol. The summed E-state index contributed by atoms with van der Waals surface area (Å²) in [5, 5.41) is 15.6. The van der Waals surface area contributed by atoms with Crippen LogP contribution in [0.5, 0.6) is 0 Å². The molecule has 9 nitrogen and oxygen atoms in total. The number of rotatable bonds is 4. The van der Waals surface area contributed by atoms with Crippen LogP contribution >= 0.6 is 11.3 Å². The summed E-state index contributed by atoms with van der Waals surface area (Å²) in [5.41, 5.74) is 5.32. The van der Waals surface area contributed by atoms with Crippen LogP contribution in [-0.2, 0) is 43.3 Å². The Morgan fingerprint density at radius 3 is 2.53 bits per heavy atom. The molecule has 32 heavy (non-hydrogen) atoms. The predicted molar refractivity (Wildman–Crippen MR) is 107 cm³/mol. The summed E-state index contributed by atoms with van der Waals surface area (Å²) < 4.78 is 41.4. The minimum atomic E-state index is -4.79. The lowest BCUT2D eigenvalue weighted by Gasteiger charge is -2.25. The quantitative estimate of drug-likeness (QED) is 0.631. The summed E-state index contributed by atoms with van der Waals surface area (Å²) in [6, 6.07) is 0. The van der Waals surface area contributed by atoms with Crippen LogP contribution in [0.1, 0.15) is 50.6 Å². The van der Waals surface area contributed by atoms with Gasteiger partial charge in [-0.25, -0.2) is 4.79 Å². The Hall–Kier alpha value is -3.09. The average molecular weight is 471 g/mol. The van der Waals surface area contributed by atoms with Crippen LogP contribution in [0.15, 0.2) is 0 Å². The molecule has 2 aromatic rings. The molecule has 0 saturated heterocycles. The van der Waals surface area contributed by atoms with Crippen molar-refractivity contribution in [3.8, 4) is 0 Å². The maximum atomic E-state index is 13.5. The lowest BCUT2D eigenvalue weighted by molar-refractivity contribution is -0.142. The van der Waals surface area contributed by atoms with Gasteiger partial charge >= 0.3 is 12.3 Å². The summed E-state index contributed by atoms with van der Waals surface area (Å²) in [7, 11) is 0. The van der Waals surface area contributed by atoms with Crippen LogP contribution in [0, 0.1) is 0 Å². The molecule has 0 fully saturated rings. The number of carbonyl (C=O) groups excluding carboxylic acids is 2. The number of primary amides is 1. The first-order valence-electron chi connectivity index (χ1n) is 9.94. The Morgan fingerprint density at radius 1 is 1.16 bits per heavy atom. The van der Waals surface area contributed by atoms with Crippen molar-refractivity contribution < 1.29 is 32.7 Å². The predicted octanol–water partition coefficient (Wildman–Crippen LogP) is 2.62. The second-order valence-corrected chi connectivity index (χ2v) is 8.82. The van der Waals surface area contributed by atoms with E-state index in [2.05, 4.69) is 10.4 Å². The number of hydrogen-bond acceptors (Lipinski definition) is 5. The van der Waals surface area contributed by atoms with Crippen molar-refractivity contribution in [3.63, 3.8) is 0 Å². The van der Waals surface area contributed by atoms with E-state index in [1.807, 2.05) is 0 Å². The van der Waals surface area contributed by atoms with Crippen molar-refractivity contribution in [1.29, 1.82) is 0 Å². The molecule has 2 aliphatic rings. The maximum absolute atomic E-state index is 13.5. The first kappa shape index (κ1) is 22.1. The molecule has 0 saturated carbocycles. The van der Waals surface area contributed by atoms with Crippen LogP contribution in [0.25, 0.3) is 0 Å². The highest BCUT2D eigenvalue weighted by Gasteiger charge is 2.41. The minimum Gasteiger partial charge on any atom is -0.465 e. The molecule has 0 radical (unpaired) electrons. The molecule has 4 rings (SSSR count). The highest BCUT2D eigenvalue weighted by Crippen LogP contribution is 2.38. The zero-order valence-electron chi connectivity index (χ0n) is 16.8. The van der Waals surface area contributed by atoms with Crippen molar-refractivity contribution in [2.45, 2.75) is 51.4 Å². The number of nitrogens with two attached hydrogens (primary N) is 1. The van der Waals surface area contributed by atoms with Crippen molar-refractivity contribution >= 4 is 34.2 Å². The topological polar surface area (TPSA) is 131 Å². The number of amides is 3. The van der Waals surface area contributed by atoms with E-state index in [9.17, 15) is 27.6 Å². The van der Waals surface area contributed by atoms with Gasteiger partial charge in [0, 0.05) is 29.1 Å². The van der Waals surface area contributed by atoms with Crippen LogP contribution in [0.3, 0.4) is 0 Å². The Kier molecular flexibility index (Phi) is 5.61. The normalized spacial score (nSPS) is 15.8. The van der Waals surface area contributed by atoms with E-state index in [1.54, 1.807) is 0 Å². The maximum Gasteiger partial charge on any atom is 0.435 e. The summed E-state index contributed by atoms with van der Waals surface area (Å²) in [6.07, 6.45) is -2.79. The van der Waals surface area contributed by atoms with E-state index >= 15 is 0 Å². The number of carbonyl (C=O) groups is 3. The third-order valence-corrected chi connectivity index (χ3v) is 6.84. The molecule has 1 aliphatic carbocycles. The number of aryl methyl sites for hydroxylation is 1. The number of fused-ring (bicyclic) bond motifs is 2. The number of hydrogen-bond donors (Lipinski definition) is 3. The van der Waals surface area contributed by atoms with Gasteiger partial charge in [-0.05, 0) is 31.2 Å². The Morgan fingerprint density at radius 2 is 1.88 bits per heavy atom. The first-order valence-corrected chi connectivity index (χ1v) is 10.8. The van der Waals surface area contributed by atoms with Gasteiger partial charge in [0.25, 0.3) is 5.91 Å². The van der Waals surface area contributed by atoms with E-state index in [1.165, 1.54) is 11.3 Å². The van der Waals surface area contributed by atoms with Gasteiger partial charge in [-0.2, -0.15) is 18.3 Å². The molecule has 172 valence electrons. The fraction of sp³-hybridized carbons (Fsp3) is 0.474. The zero-order valence-corrected chi connectivity index (χ0v) is 17.6. The molecule has 13 heteroatoms. The first-order chi connectivity index (χ1) is 15.1. The van der Waals surface area contributed by atoms with Gasteiger partial charge in [0.05, 0.1) is 12.1 Å². The van der Waals surface area contributed by atoms with E-state index in [0.717, 1.165) is 39.3 Å². The van der Waals surface area contributed by atoms with E-state index in [4.69, 9.17) is 10.8 Å². The fourth-order valence-electron chi connectivity index (χ4n) is 4.23. The van der Waals surface area contributed by atoms with Crippen LogP contribution in [0.4, 0.5) is 23.0 Å². The van der Waals surface area contributed by atoms with Gasteiger partial charge in [0.1, 0.15) is 11.5 Å². The van der Waals surface area contributed by atoms with Crippen LogP contribution in [-0.4, -0.2) is 44.2 Å². The molecule has 0 aromatic carbocycles. The van der Waals surface area contributed by atoms with Crippen molar-refractivity contribution in [3.05, 3.63) is 33.0 Å². The van der Waals surface area contributed by atoms with Crippen molar-refractivity contribution in [1.82, 2.24) is 14.7 Å². The molecule has 0 bridgehead atoms. The smallest absolute Gasteiger partial charge is 0.435 e. The third kappa shape index (κ3) is 4.04. The monoisotopic (exact) mass is 471 g/mol. The van der Waals surface area contributed by atoms with Gasteiger partial charge in [0.15, 0.2) is 5.69 Å². The SMILES string of the molecule is NC(=O)c1c(NC(=O)Cn2nc(C(F)(F)F)c3c2CCN(C(=O)O)C3)sc2c1CCCC2. The molecule has 3 heterocycles. The number of alkyl halides is 3. The molecule has 3 amide bonds. The highest BCUT2D eigenvalue weighted by molar-refractivity contribution is 7.17. The number of nitrogens with one attached hydrogen (secondary N) is 1. The van der Waals surface area contributed by atoms with Crippen LogP contribution in [0.2, 0.25) is 0 Å². The van der Waals surface area contributed by atoms with Gasteiger partial charge in [-0.1, -0.05) is 0 Å². The molecule has 1 aliphatic heterocycles. The molecule has 4 N–H and O–H groups in total. The molecule has 0 spiro atoms. The number of nitrogens with zero attached hydrogens (tertiary/aromatic N) is 3. The molecule has 2 aromatic heterocycles. The van der Waals surface area contributed by atoms with Crippen molar-refractivity contribution in [2.75, 3.05) is 11.9 Å². The Labute approximate surface area is 184 Å². The average Bonchev–Trinajstić information content (AvgIpc) is 3.25. The van der Waals surface area contributed by atoms with E-state index in [-0.39, 0.29) is 29.8 Å². The number of aromatic nitrogens is 2. The van der Waals surface area contributed by atoms with Gasteiger partial charge in [-0.3, -0.25) is 14.3 Å². The number of anilines is 1. The third-order valence-electron chi connectivity index (χ3n) is 5.64. The zero-order chi connectivity index (χ0) is 23.2. The van der Waals surface area contributed by atoms with Gasteiger partial charge in [0.2, 0.25) is 5.91 Å².